The summed E-state index contributed by atoms with van der Waals surface area (Å²) in [6, 6.07) is 0.215. The molecule has 0 bridgehead atoms. The van der Waals surface area contributed by atoms with Crippen LogP contribution >= 0.6 is 0 Å². The zero-order valence-electron chi connectivity index (χ0n) is 9.69. The number of tetrazole rings is 1. The molecule has 0 radical (unpaired) electrons. The summed E-state index contributed by atoms with van der Waals surface area (Å²) in [6.07, 6.45) is 3.85. The molecule has 5 heteroatoms. The van der Waals surface area contributed by atoms with Gasteiger partial charge in [-0.25, -0.2) is 4.68 Å². The molecule has 0 spiro atoms. The van der Waals surface area contributed by atoms with Gasteiger partial charge in [0.25, 0.3) is 0 Å². The van der Waals surface area contributed by atoms with Gasteiger partial charge in [-0.3, -0.25) is 0 Å². The van der Waals surface area contributed by atoms with Crippen LogP contribution in [-0.4, -0.2) is 27.3 Å². The lowest BCUT2D eigenvalue weighted by molar-refractivity contribution is 0.363. The summed E-state index contributed by atoms with van der Waals surface area (Å²) in [5.74, 6) is 0.942. The van der Waals surface area contributed by atoms with Crippen LogP contribution in [0, 0.1) is 5.41 Å². The molecule has 1 fully saturated rings. The van der Waals surface area contributed by atoms with Crippen molar-refractivity contribution in [2.45, 2.75) is 45.7 Å². The fourth-order valence-corrected chi connectivity index (χ4v) is 1.88. The minimum atomic E-state index is 0.215. The van der Waals surface area contributed by atoms with E-state index in [4.69, 9.17) is 0 Å². The van der Waals surface area contributed by atoms with Crippen molar-refractivity contribution >= 4 is 0 Å². The number of rotatable bonds is 5. The standard InChI is InChI=1S/C10H19N5/c1-4-10(5-6-10)7-15-9(8(2)11-3)12-13-14-15/h8,11H,4-7H2,1-3H3. The van der Waals surface area contributed by atoms with Crippen LogP contribution in [-0.2, 0) is 6.54 Å². The van der Waals surface area contributed by atoms with Gasteiger partial charge in [0.05, 0.1) is 12.6 Å². The molecule has 1 heterocycles. The monoisotopic (exact) mass is 209 g/mol. The molecule has 0 saturated heterocycles. The van der Waals surface area contributed by atoms with E-state index in [0.717, 1.165) is 12.4 Å². The van der Waals surface area contributed by atoms with Gasteiger partial charge in [0.1, 0.15) is 0 Å². The SMILES string of the molecule is CCC1(Cn2nnnc2C(C)NC)CC1. The molecule has 1 saturated carbocycles. The Morgan fingerprint density at radius 1 is 1.53 bits per heavy atom. The van der Waals surface area contributed by atoms with Crippen molar-refractivity contribution in [2.75, 3.05) is 7.05 Å². The van der Waals surface area contributed by atoms with Gasteiger partial charge in [0.2, 0.25) is 0 Å². The van der Waals surface area contributed by atoms with Gasteiger partial charge in [-0.1, -0.05) is 6.92 Å². The van der Waals surface area contributed by atoms with Crippen molar-refractivity contribution in [1.29, 1.82) is 0 Å². The third kappa shape index (κ3) is 2.02. The molecule has 2 rings (SSSR count). The fraction of sp³-hybridized carbons (Fsp3) is 0.900. The van der Waals surface area contributed by atoms with Crippen LogP contribution in [0.25, 0.3) is 0 Å². The quantitative estimate of drug-likeness (QED) is 0.790. The molecule has 84 valence electrons. The molecular weight excluding hydrogens is 190 g/mol. The van der Waals surface area contributed by atoms with E-state index in [1.54, 1.807) is 0 Å². The van der Waals surface area contributed by atoms with Gasteiger partial charge in [0, 0.05) is 0 Å². The van der Waals surface area contributed by atoms with E-state index >= 15 is 0 Å². The largest absolute Gasteiger partial charge is 0.311 e. The van der Waals surface area contributed by atoms with Crippen molar-refractivity contribution in [3.63, 3.8) is 0 Å². The van der Waals surface area contributed by atoms with Crippen LogP contribution in [0.3, 0.4) is 0 Å². The van der Waals surface area contributed by atoms with Crippen LogP contribution in [0.5, 0.6) is 0 Å². The fourth-order valence-electron chi connectivity index (χ4n) is 1.88. The molecule has 1 aromatic rings. The van der Waals surface area contributed by atoms with Crippen LogP contribution in [0.4, 0.5) is 0 Å². The Morgan fingerprint density at radius 3 is 2.80 bits per heavy atom. The maximum Gasteiger partial charge on any atom is 0.167 e. The highest BCUT2D eigenvalue weighted by molar-refractivity contribution is 4.96. The van der Waals surface area contributed by atoms with Gasteiger partial charge in [-0.2, -0.15) is 0 Å². The molecule has 1 aliphatic rings. The van der Waals surface area contributed by atoms with Gasteiger partial charge < -0.3 is 5.32 Å². The molecule has 0 aromatic carbocycles. The number of nitrogens with zero attached hydrogens (tertiary/aromatic N) is 4. The average Bonchev–Trinajstić information content (AvgIpc) is 2.88. The van der Waals surface area contributed by atoms with E-state index in [9.17, 15) is 0 Å². The normalized spacial score (nSPS) is 20.2. The Balaban J connectivity index is 2.11. The smallest absolute Gasteiger partial charge is 0.167 e. The summed E-state index contributed by atoms with van der Waals surface area (Å²) >= 11 is 0. The predicted octanol–water partition coefficient (Wildman–Crippen LogP) is 1.14. The summed E-state index contributed by atoms with van der Waals surface area (Å²) in [5, 5.41) is 15.1. The van der Waals surface area contributed by atoms with E-state index in [-0.39, 0.29) is 6.04 Å². The zero-order chi connectivity index (χ0) is 10.9. The highest BCUT2D eigenvalue weighted by atomic mass is 15.5. The molecule has 5 nitrogen and oxygen atoms in total. The number of hydrogen-bond donors (Lipinski definition) is 1. The highest BCUT2D eigenvalue weighted by Crippen LogP contribution is 2.49. The summed E-state index contributed by atoms with van der Waals surface area (Å²) in [7, 11) is 1.93. The van der Waals surface area contributed by atoms with Crippen LogP contribution in [0.2, 0.25) is 0 Å². The van der Waals surface area contributed by atoms with Crippen molar-refractivity contribution in [1.82, 2.24) is 25.5 Å². The first kappa shape index (κ1) is 10.5. The molecule has 1 aromatic heterocycles. The molecule has 15 heavy (non-hydrogen) atoms. The molecular formula is C10H19N5. The lowest BCUT2D eigenvalue weighted by Crippen LogP contribution is -2.21. The Labute approximate surface area is 90.2 Å². The van der Waals surface area contributed by atoms with E-state index in [1.165, 1.54) is 19.3 Å². The van der Waals surface area contributed by atoms with Gasteiger partial charge in [-0.05, 0) is 49.1 Å². The van der Waals surface area contributed by atoms with E-state index < -0.39 is 0 Å². The summed E-state index contributed by atoms with van der Waals surface area (Å²) in [4.78, 5) is 0. The van der Waals surface area contributed by atoms with Gasteiger partial charge in [0.15, 0.2) is 5.82 Å². The van der Waals surface area contributed by atoms with Gasteiger partial charge in [-0.15, -0.1) is 5.10 Å². The van der Waals surface area contributed by atoms with E-state index in [1.807, 2.05) is 11.7 Å². The molecule has 1 unspecified atom stereocenters. The Kier molecular flexibility index (Phi) is 2.73. The molecule has 0 amide bonds. The Hall–Kier alpha value is -0.970. The predicted molar refractivity (Wildman–Crippen MR) is 57.2 cm³/mol. The minimum Gasteiger partial charge on any atom is -0.311 e. The highest BCUT2D eigenvalue weighted by Gasteiger charge is 2.41. The number of aromatic nitrogens is 4. The van der Waals surface area contributed by atoms with Crippen molar-refractivity contribution in [3.05, 3.63) is 5.82 Å². The average molecular weight is 209 g/mol. The maximum absolute atomic E-state index is 4.07. The summed E-state index contributed by atoms with van der Waals surface area (Å²) < 4.78 is 1.96. The molecule has 1 N–H and O–H groups in total. The summed E-state index contributed by atoms with van der Waals surface area (Å²) in [5.41, 5.74) is 0.484. The second kappa shape index (κ2) is 3.89. The van der Waals surface area contributed by atoms with Gasteiger partial charge >= 0.3 is 0 Å². The minimum absolute atomic E-state index is 0.215. The van der Waals surface area contributed by atoms with Crippen molar-refractivity contribution in [2.24, 2.45) is 5.41 Å². The zero-order valence-corrected chi connectivity index (χ0v) is 9.69. The van der Waals surface area contributed by atoms with E-state index in [2.05, 4.69) is 34.7 Å². The lowest BCUT2D eigenvalue weighted by atomic mass is 10.0. The first-order chi connectivity index (χ1) is 7.21. The van der Waals surface area contributed by atoms with Crippen molar-refractivity contribution in [3.8, 4) is 0 Å². The second-order valence-corrected chi connectivity index (χ2v) is 4.56. The summed E-state index contributed by atoms with van der Waals surface area (Å²) in [6.45, 7) is 5.30. The molecule has 0 aliphatic heterocycles. The first-order valence-corrected chi connectivity index (χ1v) is 5.64. The molecule has 1 aliphatic carbocycles. The second-order valence-electron chi connectivity index (χ2n) is 4.56. The third-order valence-electron chi connectivity index (χ3n) is 3.57. The maximum atomic E-state index is 4.07. The molecule has 1 atom stereocenters. The number of hydrogen-bond acceptors (Lipinski definition) is 4. The lowest BCUT2D eigenvalue weighted by Gasteiger charge is -2.15. The Bertz CT molecular complexity index is 328. The number of nitrogens with one attached hydrogen (secondary N) is 1. The third-order valence-corrected chi connectivity index (χ3v) is 3.57. The van der Waals surface area contributed by atoms with Crippen LogP contribution in [0.1, 0.15) is 45.0 Å². The van der Waals surface area contributed by atoms with Crippen LogP contribution < -0.4 is 5.32 Å². The van der Waals surface area contributed by atoms with Crippen molar-refractivity contribution < 1.29 is 0 Å². The topological polar surface area (TPSA) is 55.6 Å². The van der Waals surface area contributed by atoms with Crippen LogP contribution in [0.15, 0.2) is 0 Å². The van der Waals surface area contributed by atoms with E-state index in [0.29, 0.717) is 5.41 Å². The Morgan fingerprint density at radius 2 is 2.27 bits per heavy atom. The first-order valence-electron chi connectivity index (χ1n) is 5.64.